The molecule has 0 bridgehead atoms. The monoisotopic (exact) mass is 321 g/mol. The molecule has 1 N–H and O–H groups in total. The third kappa shape index (κ3) is 2.96. The van der Waals surface area contributed by atoms with Gasteiger partial charge < -0.3 is 19.2 Å². The number of rotatable bonds is 4. The number of hydrogen-bond donors (Lipinski definition) is 1. The van der Waals surface area contributed by atoms with Crippen molar-refractivity contribution in [3.05, 3.63) is 35.0 Å². The van der Waals surface area contributed by atoms with Crippen LogP contribution in [0.4, 0.5) is 0 Å². The molecular formula is C14H15N3O4S. The summed E-state index contributed by atoms with van der Waals surface area (Å²) >= 11 is 5.11. The summed E-state index contributed by atoms with van der Waals surface area (Å²) in [6.45, 7) is 0.647. The molecule has 0 spiro atoms. The predicted molar refractivity (Wildman–Crippen MR) is 79.3 cm³/mol. The molecule has 0 aliphatic carbocycles. The second kappa shape index (κ2) is 6.18. The zero-order valence-electron chi connectivity index (χ0n) is 11.9. The van der Waals surface area contributed by atoms with Crippen molar-refractivity contribution >= 4 is 18.1 Å². The van der Waals surface area contributed by atoms with Gasteiger partial charge in [0.05, 0.1) is 6.54 Å². The Hall–Kier alpha value is -2.35. The van der Waals surface area contributed by atoms with Crippen LogP contribution in [-0.2, 0) is 11.3 Å². The molecule has 1 amide bonds. The molecule has 0 fully saturated rings. The van der Waals surface area contributed by atoms with Crippen molar-refractivity contribution in [3.8, 4) is 11.5 Å². The third-order valence-corrected chi connectivity index (χ3v) is 3.53. The fourth-order valence-electron chi connectivity index (χ4n) is 2.07. The topological polar surface area (TPSA) is 78.5 Å². The molecule has 8 heteroatoms. The summed E-state index contributed by atoms with van der Waals surface area (Å²) in [6.07, 6.45) is -0.181. The first-order valence-electron chi connectivity index (χ1n) is 6.84. The number of aryl methyl sites for hydroxylation is 1. The standard InChI is InChI=1S/C14H15N3O4S/c1-15-12(18)6-7-17-14(22)21-13(16-17)11-8-19-9-4-2-3-5-10(9)20-11/h2-5,11H,6-8H2,1H3,(H,15,18). The molecule has 7 nitrogen and oxygen atoms in total. The van der Waals surface area contributed by atoms with Crippen LogP contribution in [0.25, 0.3) is 0 Å². The Bertz CT molecular complexity index is 740. The van der Waals surface area contributed by atoms with Gasteiger partial charge in [-0.1, -0.05) is 12.1 Å². The lowest BCUT2D eigenvalue weighted by atomic mass is 10.2. The van der Waals surface area contributed by atoms with Crippen LogP contribution in [-0.4, -0.2) is 29.3 Å². The Morgan fingerprint density at radius 1 is 1.45 bits per heavy atom. The molecule has 1 atom stereocenters. The van der Waals surface area contributed by atoms with E-state index in [0.29, 0.717) is 30.5 Å². The van der Waals surface area contributed by atoms with Gasteiger partial charge in [0.1, 0.15) is 6.61 Å². The highest BCUT2D eigenvalue weighted by molar-refractivity contribution is 7.71. The Morgan fingerprint density at radius 3 is 3.00 bits per heavy atom. The second-order valence-electron chi connectivity index (χ2n) is 4.72. The fourth-order valence-corrected chi connectivity index (χ4v) is 2.28. The van der Waals surface area contributed by atoms with Crippen molar-refractivity contribution in [2.45, 2.75) is 19.1 Å². The van der Waals surface area contributed by atoms with Crippen LogP contribution in [0.15, 0.2) is 28.7 Å². The average molecular weight is 321 g/mol. The minimum Gasteiger partial charge on any atom is -0.485 e. The van der Waals surface area contributed by atoms with Gasteiger partial charge in [-0.3, -0.25) is 4.79 Å². The van der Waals surface area contributed by atoms with Crippen molar-refractivity contribution in [1.82, 2.24) is 15.1 Å². The van der Waals surface area contributed by atoms with Gasteiger partial charge in [0, 0.05) is 13.5 Å². The quantitative estimate of drug-likeness (QED) is 0.866. The molecule has 2 aromatic rings. The number of ether oxygens (including phenoxy) is 2. The molecule has 0 radical (unpaired) electrons. The van der Waals surface area contributed by atoms with E-state index < -0.39 is 6.10 Å². The van der Waals surface area contributed by atoms with Crippen LogP contribution in [0.1, 0.15) is 18.4 Å². The minimum atomic E-state index is -0.460. The largest absolute Gasteiger partial charge is 0.485 e. The van der Waals surface area contributed by atoms with Crippen molar-refractivity contribution < 1.29 is 18.7 Å². The molecule has 3 rings (SSSR count). The van der Waals surface area contributed by atoms with Crippen LogP contribution in [0.2, 0.25) is 0 Å². The Labute approximate surface area is 131 Å². The number of aromatic nitrogens is 2. The first kappa shape index (κ1) is 14.6. The van der Waals surface area contributed by atoms with E-state index in [1.54, 1.807) is 7.05 Å². The number of amides is 1. The summed E-state index contributed by atoms with van der Waals surface area (Å²) < 4.78 is 18.4. The number of carbonyl (C=O) groups excluding carboxylic acids is 1. The normalized spacial score (nSPS) is 16.3. The van der Waals surface area contributed by atoms with E-state index in [4.69, 9.17) is 26.1 Å². The van der Waals surface area contributed by atoms with Gasteiger partial charge in [-0.05, 0) is 24.4 Å². The van der Waals surface area contributed by atoms with Gasteiger partial charge in [-0.25, -0.2) is 4.68 Å². The van der Waals surface area contributed by atoms with E-state index >= 15 is 0 Å². The summed E-state index contributed by atoms with van der Waals surface area (Å²) in [4.78, 5) is 11.5. The van der Waals surface area contributed by atoms with E-state index in [1.807, 2.05) is 24.3 Å². The lowest BCUT2D eigenvalue weighted by Gasteiger charge is -2.23. The number of nitrogens with one attached hydrogen (secondary N) is 1. The summed E-state index contributed by atoms with van der Waals surface area (Å²) in [6, 6.07) is 7.39. The third-order valence-electron chi connectivity index (χ3n) is 3.24. The second-order valence-corrected chi connectivity index (χ2v) is 5.07. The maximum absolute atomic E-state index is 11.3. The number of benzene rings is 1. The lowest BCUT2D eigenvalue weighted by Crippen LogP contribution is -2.22. The highest BCUT2D eigenvalue weighted by atomic mass is 32.1. The maximum Gasteiger partial charge on any atom is 0.287 e. The minimum absolute atomic E-state index is 0.0855. The highest BCUT2D eigenvalue weighted by Gasteiger charge is 2.27. The summed E-state index contributed by atoms with van der Waals surface area (Å²) in [5.41, 5.74) is 0. The number of hydrogen-bond acceptors (Lipinski definition) is 6. The van der Waals surface area contributed by atoms with E-state index in [2.05, 4.69) is 10.4 Å². The van der Waals surface area contributed by atoms with Crippen LogP contribution in [0.3, 0.4) is 0 Å². The number of para-hydroxylation sites is 2. The lowest BCUT2D eigenvalue weighted by molar-refractivity contribution is -0.120. The number of carbonyl (C=O) groups is 1. The molecule has 22 heavy (non-hydrogen) atoms. The Kier molecular flexibility index (Phi) is 4.10. The number of nitrogens with zero attached hydrogens (tertiary/aromatic N) is 2. The van der Waals surface area contributed by atoms with Gasteiger partial charge in [0.15, 0.2) is 11.5 Å². The molecule has 2 heterocycles. The predicted octanol–water partition coefficient (Wildman–Crippen LogP) is 1.85. The van der Waals surface area contributed by atoms with Gasteiger partial charge >= 0.3 is 0 Å². The zero-order chi connectivity index (χ0) is 15.5. The van der Waals surface area contributed by atoms with E-state index in [1.165, 1.54) is 4.68 Å². The first-order valence-corrected chi connectivity index (χ1v) is 7.25. The summed E-state index contributed by atoms with van der Waals surface area (Å²) in [7, 11) is 1.58. The maximum atomic E-state index is 11.3. The Morgan fingerprint density at radius 2 is 2.23 bits per heavy atom. The molecule has 1 unspecified atom stereocenters. The zero-order valence-corrected chi connectivity index (χ0v) is 12.8. The van der Waals surface area contributed by atoms with Gasteiger partial charge in [0.2, 0.25) is 12.0 Å². The van der Waals surface area contributed by atoms with Crippen LogP contribution >= 0.6 is 12.2 Å². The molecule has 1 aromatic carbocycles. The van der Waals surface area contributed by atoms with Gasteiger partial charge in [0.25, 0.3) is 10.7 Å². The average Bonchev–Trinajstić information content (AvgIpc) is 2.93. The van der Waals surface area contributed by atoms with Crippen molar-refractivity contribution in [2.75, 3.05) is 13.7 Å². The van der Waals surface area contributed by atoms with E-state index in [0.717, 1.165) is 0 Å². The first-order chi connectivity index (χ1) is 10.7. The molecule has 116 valence electrons. The van der Waals surface area contributed by atoms with Crippen molar-refractivity contribution in [2.24, 2.45) is 0 Å². The van der Waals surface area contributed by atoms with Gasteiger partial charge in [-0.15, -0.1) is 5.10 Å². The molecule has 1 aliphatic heterocycles. The van der Waals surface area contributed by atoms with Crippen molar-refractivity contribution in [1.29, 1.82) is 0 Å². The van der Waals surface area contributed by atoms with Crippen LogP contribution in [0.5, 0.6) is 11.5 Å². The molecule has 1 aromatic heterocycles. The Balaban J connectivity index is 1.74. The highest BCUT2D eigenvalue weighted by Crippen LogP contribution is 2.35. The van der Waals surface area contributed by atoms with E-state index in [9.17, 15) is 4.79 Å². The SMILES string of the molecule is CNC(=O)CCn1nc(C2COc3ccccc3O2)oc1=S. The van der Waals surface area contributed by atoms with Crippen LogP contribution in [0, 0.1) is 4.84 Å². The van der Waals surface area contributed by atoms with E-state index in [-0.39, 0.29) is 17.2 Å². The summed E-state index contributed by atoms with van der Waals surface area (Å²) in [5, 5.41) is 6.82. The number of fused-ring (bicyclic) bond motifs is 1. The molecular weight excluding hydrogens is 306 g/mol. The molecule has 0 saturated carbocycles. The molecule has 1 aliphatic rings. The van der Waals surface area contributed by atoms with Crippen LogP contribution < -0.4 is 14.8 Å². The molecule has 0 saturated heterocycles. The van der Waals surface area contributed by atoms with Crippen molar-refractivity contribution in [3.63, 3.8) is 0 Å². The summed E-state index contributed by atoms with van der Waals surface area (Å²) in [5.74, 6) is 1.59. The smallest absolute Gasteiger partial charge is 0.287 e. The van der Waals surface area contributed by atoms with Gasteiger partial charge in [-0.2, -0.15) is 0 Å². The fraction of sp³-hybridized carbons (Fsp3) is 0.357.